The molecule has 8 aromatic rings. The number of carbonyl (C=O) groups is 6. The first-order chi connectivity index (χ1) is 59.8. The number of nitrogens with one attached hydrogen (secondary N) is 2. The normalized spacial score (nSPS) is 14.4. The van der Waals surface area contributed by atoms with E-state index in [-0.39, 0.29) is 81.6 Å². The van der Waals surface area contributed by atoms with Crippen LogP contribution in [-0.2, 0) is 50.5 Å². The molecule has 714 valence electrons. The second-order valence-electron chi connectivity index (χ2n) is 39.2. The molecule has 0 saturated carbocycles. The highest BCUT2D eigenvalue weighted by molar-refractivity contribution is 7.15. The van der Waals surface area contributed by atoms with Crippen LogP contribution in [0.5, 0.6) is 23.0 Å². The minimum Gasteiger partial charge on any atom is -0.490 e. The Morgan fingerprint density at radius 3 is 0.868 bits per heavy atom. The summed E-state index contributed by atoms with van der Waals surface area (Å²) in [5.74, 6) is -1.52. The molecule has 20 nitrogen and oxygen atoms in total. The lowest BCUT2D eigenvalue weighted by molar-refractivity contribution is -0.139. The minimum absolute atomic E-state index is 0.198. The Morgan fingerprint density at radius 1 is 0.349 bits per heavy atom. The van der Waals surface area contributed by atoms with Crippen molar-refractivity contribution in [2.24, 2.45) is 21.7 Å². The van der Waals surface area contributed by atoms with Gasteiger partial charge in [0.1, 0.15) is 94.2 Å². The fourth-order valence-electron chi connectivity index (χ4n) is 14.9. The Morgan fingerprint density at radius 2 is 0.612 bits per heavy atom. The van der Waals surface area contributed by atoms with Gasteiger partial charge in [0.15, 0.2) is 0 Å². The zero-order valence-electron chi connectivity index (χ0n) is 82.4. The van der Waals surface area contributed by atoms with Crippen molar-refractivity contribution in [2.75, 3.05) is 33.0 Å². The van der Waals surface area contributed by atoms with Crippen molar-refractivity contribution >= 4 is 81.0 Å². The van der Waals surface area contributed by atoms with Crippen molar-refractivity contribution in [2.45, 2.75) is 328 Å². The van der Waals surface area contributed by atoms with Crippen molar-refractivity contribution in [1.82, 2.24) is 10.6 Å². The third-order valence-corrected chi connectivity index (χ3v) is 32.6. The largest absolute Gasteiger partial charge is 0.490 e. The standard InChI is InChI=1S/C28H41NO5S.C26H37NO5S.C26H38O4S.C25H36O4S/c1-9-19-16-20(12-13-21(19)34-17-27(8,33)26(5,6)7)28(10-2,11-3)23-15-14-22(35-23)24(30)29-18(4)25(31)32;1-8-26(9-2,21-13-12-20(33-21)23(30)27-15-22(28)29)18-10-11-19(17(3)14-18)32-16-25(7,31)24(4,5)6;1-8-11-18-16-19(12-13-20(18)30-17-25(7,29)24(4,5)6)26(9-2,10-3)22-15-14-21(31-22)23(27)28;1-8-17-15-18(11-12-19(17)29-16-24(7,28)23(4,5)6)25(9-2,10-3)21-14-13-20(30-21)22(26)27/h12-16,18,33H,9-11,17H2,1-8H3,(H,29,30)(H,31,32);10-14,31H,8-9,15-16H2,1-7H3,(H,27,30)(H,28,29);12-16,29H,8-11,17H2,1-7H3,(H,27,28);11-15,28H,8-10,16H2,1-7H3,(H,26,27)/t18-,27?;;;/m0.../s1. The molecule has 8 rings (SSSR count). The molecule has 0 spiro atoms. The van der Waals surface area contributed by atoms with Crippen LogP contribution in [-0.4, -0.2) is 138 Å². The average molecular weight is 1860 g/mol. The molecule has 4 aromatic carbocycles. The molecule has 24 heteroatoms. The van der Waals surface area contributed by atoms with Crippen molar-refractivity contribution < 1.29 is 88.6 Å². The molecule has 0 saturated heterocycles. The smallest absolute Gasteiger partial charge is 0.345 e. The number of ether oxygens (including phenoxy) is 4. The molecule has 4 heterocycles. The van der Waals surface area contributed by atoms with E-state index in [9.17, 15) is 59.4 Å². The van der Waals surface area contributed by atoms with Gasteiger partial charge in [-0.1, -0.05) is 214 Å². The summed E-state index contributed by atoms with van der Waals surface area (Å²) in [5.41, 5.74) is 2.90. The first-order valence-electron chi connectivity index (χ1n) is 45.7. The highest BCUT2D eigenvalue weighted by atomic mass is 32.1. The van der Waals surface area contributed by atoms with Crippen LogP contribution >= 0.6 is 45.3 Å². The van der Waals surface area contributed by atoms with Gasteiger partial charge >= 0.3 is 23.9 Å². The molecule has 0 radical (unpaired) electrons. The lowest BCUT2D eigenvalue weighted by Gasteiger charge is -2.37. The summed E-state index contributed by atoms with van der Waals surface area (Å²) in [6.07, 6.45) is 10.4. The van der Waals surface area contributed by atoms with E-state index in [1.165, 1.54) is 63.4 Å². The summed E-state index contributed by atoms with van der Waals surface area (Å²) >= 11 is 5.54. The summed E-state index contributed by atoms with van der Waals surface area (Å²) < 4.78 is 24.3. The van der Waals surface area contributed by atoms with Gasteiger partial charge in [0.25, 0.3) is 11.8 Å². The van der Waals surface area contributed by atoms with Gasteiger partial charge in [-0.05, 0) is 251 Å². The van der Waals surface area contributed by atoms with Gasteiger partial charge < -0.3 is 70.4 Å². The third-order valence-electron chi connectivity index (χ3n) is 27.5. The second-order valence-corrected chi connectivity index (χ2v) is 43.5. The van der Waals surface area contributed by atoms with Gasteiger partial charge in [-0.2, -0.15) is 0 Å². The fourth-order valence-corrected chi connectivity index (χ4v) is 19.9. The van der Waals surface area contributed by atoms with Gasteiger partial charge in [-0.15, -0.1) is 45.3 Å². The molecule has 0 aliphatic heterocycles. The van der Waals surface area contributed by atoms with Crippen LogP contribution < -0.4 is 29.6 Å². The van der Waals surface area contributed by atoms with E-state index in [4.69, 9.17) is 29.2 Å². The Labute approximate surface area is 785 Å². The number of benzene rings is 4. The number of carboxylic acid groups (broad SMARTS) is 4. The molecule has 0 aliphatic rings. The van der Waals surface area contributed by atoms with Crippen molar-refractivity contribution in [3.8, 4) is 23.0 Å². The maximum absolute atomic E-state index is 12.6. The first-order valence-corrected chi connectivity index (χ1v) is 48.9. The van der Waals surface area contributed by atoms with Crippen molar-refractivity contribution in [1.29, 1.82) is 0 Å². The van der Waals surface area contributed by atoms with E-state index >= 15 is 0 Å². The number of aliphatic hydroxyl groups is 4. The minimum atomic E-state index is -1.07. The number of aryl methyl sites for hydroxylation is 4. The Balaban J connectivity index is 0.000000305. The van der Waals surface area contributed by atoms with Gasteiger partial charge in [0, 0.05) is 41.2 Å². The number of carboxylic acids is 4. The maximum atomic E-state index is 12.6. The van der Waals surface area contributed by atoms with E-state index in [1.54, 1.807) is 38.1 Å². The summed E-state index contributed by atoms with van der Waals surface area (Å²) in [5, 5.41) is 84.7. The van der Waals surface area contributed by atoms with E-state index in [0.717, 1.165) is 153 Å². The number of hydrogen-bond acceptors (Lipinski definition) is 18. The van der Waals surface area contributed by atoms with E-state index in [0.29, 0.717) is 19.5 Å². The molecule has 129 heavy (non-hydrogen) atoms. The maximum Gasteiger partial charge on any atom is 0.345 e. The number of rotatable bonds is 40. The zero-order valence-corrected chi connectivity index (χ0v) is 85.7. The van der Waals surface area contributed by atoms with Gasteiger partial charge in [0.05, 0.1) is 9.75 Å². The van der Waals surface area contributed by atoms with E-state index in [1.807, 2.05) is 152 Å². The number of carbonyl (C=O) groups excluding carboxylic acids is 2. The number of amides is 2. The number of hydrogen-bond donors (Lipinski definition) is 10. The highest BCUT2D eigenvalue weighted by Gasteiger charge is 2.43. The molecule has 0 bridgehead atoms. The molecule has 4 aromatic heterocycles. The van der Waals surface area contributed by atoms with Crippen LogP contribution in [0.2, 0.25) is 0 Å². The van der Waals surface area contributed by atoms with E-state index in [2.05, 4.69) is 135 Å². The van der Waals surface area contributed by atoms with Crippen LogP contribution in [0.1, 0.15) is 354 Å². The number of thiophene rings is 4. The lowest BCUT2D eigenvalue weighted by atomic mass is 9.74. The van der Waals surface area contributed by atoms with Crippen LogP contribution in [0.4, 0.5) is 0 Å². The predicted molar refractivity (Wildman–Crippen MR) is 527 cm³/mol. The van der Waals surface area contributed by atoms with Crippen LogP contribution in [0, 0.1) is 28.6 Å². The molecular formula is C105H152N2O18S4. The number of aliphatic carboxylic acids is 2. The fraction of sp³-hybridized carbons (Fsp3) is 0.562. The summed E-state index contributed by atoms with van der Waals surface area (Å²) in [6.45, 7) is 58.6. The predicted octanol–water partition coefficient (Wildman–Crippen LogP) is 23.9. The molecule has 5 atom stereocenters. The SMILES string of the molecule is CCC(CC)(c1ccc(OCC(C)(O)C(C)(C)C)c(C)c1)c1ccc(C(=O)NCC(=O)O)s1.CCCc1cc(C(CC)(CC)c2ccc(C(=O)O)s2)ccc1OCC(C)(O)C(C)(C)C.CCc1cc(C(CC)(CC)c2ccc(C(=O)N[C@@H](C)C(=O)O)s2)ccc1OCC(C)(O)C(C)(C)C.CCc1cc(C(CC)(CC)c2ccc(C(=O)O)s2)ccc1OCC(C)(O)C(C)(C)C. The summed E-state index contributed by atoms with van der Waals surface area (Å²) in [4.78, 5) is 75.6. The summed E-state index contributed by atoms with van der Waals surface area (Å²) in [7, 11) is 0. The molecule has 10 N–H and O–H groups in total. The Kier molecular flexibility index (Phi) is 39.4. The first kappa shape index (κ1) is 111. The quantitative estimate of drug-likeness (QED) is 0.0171. The van der Waals surface area contributed by atoms with Crippen LogP contribution in [0.25, 0.3) is 0 Å². The molecule has 4 unspecified atom stereocenters. The van der Waals surface area contributed by atoms with Crippen LogP contribution in [0.3, 0.4) is 0 Å². The average Bonchev–Trinajstić information content (AvgIpc) is 1.74. The van der Waals surface area contributed by atoms with Crippen molar-refractivity contribution in [3.63, 3.8) is 0 Å². The topological polar surface area (TPSA) is 325 Å². The molecular weight excluding hydrogens is 1710 g/mol. The molecule has 0 fully saturated rings. The van der Waals surface area contributed by atoms with Gasteiger partial charge in [0.2, 0.25) is 0 Å². The molecule has 0 aliphatic carbocycles. The Bertz CT molecular complexity index is 5010. The highest BCUT2D eigenvalue weighted by Crippen LogP contribution is 2.50. The zero-order chi connectivity index (χ0) is 97.8. The van der Waals surface area contributed by atoms with E-state index < -0.39 is 58.9 Å². The Hall–Kier alpha value is -8.46. The van der Waals surface area contributed by atoms with Crippen LogP contribution in [0.15, 0.2) is 121 Å². The lowest BCUT2D eigenvalue weighted by Crippen LogP contribution is -2.45. The number of aromatic carboxylic acids is 2. The van der Waals surface area contributed by atoms with Crippen molar-refractivity contribution in [3.05, 3.63) is 205 Å². The monoisotopic (exact) mass is 1860 g/mol. The third kappa shape index (κ3) is 27.0. The van der Waals surface area contributed by atoms with Gasteiger partial charge in [-0.3, -0.25) is 19.2 Å². The molecule has 2 amide bonds. The van der Waals surface area contributed by atoms with Gasteiger partial charge in [-0.25, -0.2) is 9.59 Å². The summed E-state index contributed by atoms with van der Waals surface area (Å²) in [6, 6.07) is 38.9. The second kappa shape index (κ2) is 45.8.